The summed E-state index contributed by atoms with van der Waals surface area (Å²) in [6.45, 7) is 0. The number of amides is 1. The fourth-order valence-electron chi connectivity index (χ4n) is 3.42. The predicted octanol–water partition coefficient (Wildman–Crippen LogP) is 2.87. The second-order valence-corrected chi connectivity index (χ2v) is 5.98. The molecular weight excluding hydrogens is 272 g/mol. The summed E-state index contributed by atoms with van der Waals surface area (Å²) in [5, 5.41) is 3.18. The molecule has 20 heavy (non-hydrogen) atoms. The lowest BCUT2D eigenvalue weighted by Gasteiger charge is -2.33. The van der Waals surface area contributed by atoms with Crippen molar-refractivity contribution in [1.29, 1.82) is 0 Å². The molecule has 0 bridgehead atoms. The van der Waals surface area contributed by atoms with Gasteiger partial charge < -0.3 is 11.1 Å². The maximum absolute atomic E-state index is 12.4. The molecule has 110 valence electrons. The van der Waals surface area contributed by atoms with Gasteiger partial charge in [-0.05, 0) is 36.8 Å². The third-order valence-corrected chi connectivity index (χ3v) is 4.64. The first kappa shape index (κ1) is 15.3. The Bertz CT molecular complexity index is 483. The standard InChI is InChI=1S/C16H22N2O.ClH/c17-16(10-4-1-5-11-16)15(19)18-14-9-8-12-6-2-3-7-13(12)14;/h2-3,6-7,14H,1,4-5,8-11,17H2,(H,18,19);1H. The van der Waals surface area contributed by atoms with E-state index in [1.165, 1.54) is 17.5 Å². The number of rotatable bonds is 2. The van der Waals surface area contributed by atoms with Gasteiger partial charge in [0.15, 0.2) is 0 Å². The minimum Gasteiger partial charge on any atom is -0.348 e. The molecule has 0 heterocycles. The molecule has 3 N–H and O–H groups in total. The molecule has 3 rings (SSSR count). The molecule has 0 radical (unpaired) electrons. The largest absolute Gasteiger partial charge is 0.348 e. The van der Waals surface area contributed by atoms with Crippen molar-refractivity contribution in [3.63, 3.8) is 0 Å². The van der Waals surface area contributed by atoms with E-state index in [0.717, 1.165) is 38.5 Å². The molecule has 0 saturated heterocycles. The average Bonchev–Trinajstić information content (AvgIpc) is 2.83. The molecule has 4 heteroatoms. The van der Waals surface area contributed by atoms with Gasteiger partial charge in [0.1, 0.15) is 0 Å². The van der Waals surface area contributed by atoms with Gasteiger partial charge in [0.05, 0.1) is 11.6 Å². The van der Waals surface area contributed by atoms with Gasteiger partial charge in [0, 0.05) is 0 Å². The van der Waals surface area contributed by atoms with Crippen molar-refractivity contribution in [1.82, 2.24) is 5.32 Å². The zero-order valence-electron chi connectivity index (χ0n) is 11.7. The second kappa shape index (κ2) is 6.15. The van der Waals surface area contributed by atoms with Crippen LogP contribution in [0, 0.1) is 0 Å². The number of nitrogens with one attached hydrogen (secondary N) is 1. The fourth-order valence-corrected chi connectivity index (χ4v) is 3.42. The van der Waals surface area contributed by atoms with Gasteiger partial charge in [-0.2, -0.15) is 0 Å². The SMILES string of the molecule is Cl.NC1(C(=O)NC2CCc3ccccc32)CCCCC1. The molecule has 1 saturated carbocycles. The van der Waals surface area contributed by atoms with E-state index < -0.39 is 5.54 Å². The first-order valence-corrected chi connectivity index (χ1v) is 7.37. The molecule has 3 nitrogen and oxygen atoms in total. The van der Waals surface area contributed by atoms with E-state index in [4.69, 9.17) is 5.73 Å². The highest BCUT2D eigenvalue weighted by Gasteiger charge is 2.37. The normalized spacial score (nSPS) is 23.6. The number of nitrogens with two attached hydrogens (primary N) is 1. The van der Waals surface area contributed by atoms with Gasteiger partial charge >= 0.3 is 0 Å². The van der Waals surface area contributed by atoms with E-state index in [1.54, 1.807) is 0 Å². The van der Waals surface area contributed by atoms with Crippen molar-refractivity contribution in [3.8, 4) is 0 Å². The zero-order chi connectivity index (χ0) is 13.3. The Balaban J connectivity index is 0.00000147. The Morgan fingerprint density at radius 3 is 2.65 bits per heavy atom. The van der Waals surface area contributed by atoms with Crippen LogP contribution in [0.2, 0.25) is 0 Å². The molecule has 0 aromatic heterocycles. The van der Waals surface area contributed by atoms with Crippen molar-refractivity contribution in [2.75, 3.05) is 0 Å². The quantitative estimate of drug-likeness (QED) is 0.881. The van der Waals surface area contributed by atoms with Crippen LogP contribution in [0.5, 0.6) is 0 Å². The van der Waals surface area contributed by atoms with Gasteiger partial charge in [-0.1, -0.05) is 43.5 Å². The van der Waals surface area contributed by atoms with Crippen LogP contribution in [0.15, 0.2) is 24.3 Å². The lowest BCUT2D eigenvalue weighted by atomic mass is 9.81. The highest BCUT2D eigenvalue weighted by molar-refractivity contribution is 5.86. The van der Waals surface area contributed by atoms with Gasteiger partial charge in [-0.15, -0.1) is 12.4 Å². The van der Waals surface area contributed by atoms with E-state index in [9.17, 15) is 4.79 Å². The Kier molecular flexibility index (Phi) is 4.71. The first-order valence-electron chi connectivity index (χ1n) is 7.37. The first-order chi connectivity index (χ1) is 9.19. The molecule has 0 aliphatic heterocycles. The van der Waals surface area contributed by atoms with E-state index >= 15 is 0 Å². The topological polar surface area (TPSA) is 55.1 Å². The smallest absolute Gasteiger partial charge is 0.240 e. The molecule has 2 aliphatic carbocycles. The Morgan fingerprint density at radius 1 is 1.20 bits per heavy atom. The molecule has 0 spiro atoms. The maximum Gasteiger partial charge on any atom is 0.240 e. The van der Waals surface area contributed by atoms with Crippen molar-refractivity contribution in [2.24, 2.45) is 5.73 Å². The molecule has 1 aromatic rings. The molecule has 1 unspecified atom stereocenters. The van der Waals surface area contributed by atoms with Crippen molar-refractivity contribution >= 4 is 18.3 Å². The van der Waals surface area contributed by atoms with Crippen LogP contribution in [0.25, 0.3) is 0 Å². The van der Waals surface area contributed by atoms with E-state index in [0.29, 0.717) is 0 Å². The number of fused-ring (bicyclic) bond motifs is 1. The van der Waals surface area contributed by atoms with E-state index in [1.807, 2.05) is 6.07 Å². The van der Waals surface area contributed by atoms with Crippen LogP contribution in [-0.4, -0.2) is 11.4 Å². The second-order valence-electron chi connectivity index (χ2n) is 5.98. The third kappa shape index (κ3) is 2.84. The Hall–Kier alpha value is -1.06. The fraction of sp³-hybridized carbons (Fsp3) is 0.562. The van der Waals surface area contributed by atoms with Crippen LogP contribution in [0.3, 0.4) is 0 Å². The van der Waals surface area contributed by atoms with Gasteiger partial charge in [-0.25, -0.2) is 0 Å². The number of halogens is 1. The number of hydrogen-bond acceptors (Lipinski definition) is 2. The summed E-state index contributed by atoms with van der Waals surface area (Å²) in [7, 11) is 0. The van der Waals surface area contributed by atoms with Gasteiger partial charge in [0.2, 0.25) is 5.91 Å². The highest BCUT2D eigenvalue weighted by Crippen LogP contribution is 2.32. The van der Waals surface area contributed by atoms with Gasteiger partial charge in [-0.3, -0.25) is 4.79 Å². The zero-order valence-corrected chi connectivity index (χ0v) is 12.5. The molecular formula is C16H23ClN2O. The molecule has 1 atom stereocenters. The van der Waals surface area contributed by atoms with Crippen molar-refractivity contribution < 1.29 is 4.79 Å². The lowest BCUT2D eigenvalue weighted by molar-refractivity contribution is -0.128. The van der Waals surface area contributed by atoms with Crippen LogP contribution >= 0.6 is 12.4 Å². The van der Waals surface area contributed by atoms with Crippen LogP contribution in [0.4, 0.5) is 0 Å². The third-order valence-electron chi connectivity index (χ3n) is 4.64. The summed E-state index contributed by atoms with van der Waals surface area (Å²) in [4.78, 5) is 12.4. The number of benzene rings is 1. The summed E-state index contributed by atoms with van der Waals surface area (Å²) >= 11 is 0. The van der Waals surface area contributed by atoms with Crippen molar-refractivity contribution in [2.45, 2.75) is 56.5 Å². The summed E-state index contributed by atoms with van der Waals surface area (Å²) in [6, 6.07) is 8.54. The summed E-state index contributed by atoms with van der Waals surface area (Å²) in [6.07, 6.45) is 7.06. The predicted molar refractivity (Wildman–Crippen MR) is 82.9 cm³/mol. The molecule has 1 amide bonds. The minimum atomic E-state index is -0.629. The number of carbonyl (C=O) groups excluding carboxylic acids is 1. The van der Waals surface area contributed by atoms with Crippen LogP contribution < -0.4 is 11.1 Å². The number of hydrogen-bond donors (Lipinski definition) is 2. The minimum absolute atomic E-state index is 0. The van der Waals surface area contributed by atoms with Crippen molar-refractivity contribution in [3.05, 3.63) is 35.4 Å². The summed E-state index contributed by atoms with van der Waals surface area (Å²) in [5.41, 5.74) is 8.30. The molecule has 1 aromatic carbocycles. The Labute approximate surface area is 126 Å². The molecule has 2 aliphatic rings. The Morgan fingerprint density at radius 2 is 1.90 bits per heavy atom. The molecule has 1 fully saturated rings. The number of carbonyl (C=O) groups is 1. The van der Waals surface area contributed by atoms with Gasteiger partial charge in [0.25, 0.3) is 0 Å². The highest BCUT2D eigenvalue weighted by atomic mass is 35.5. The van der Waals surface area contributed by atoms with Crippen LogP contribution in [-0.2, 0) is 11.2 Å². The van der Waals surface area contributed by atoms with E-state index in [-0.39, 0.29) is 24.4 Å². The maximum atomic E-state index is 12.4. The van der Waals surface area contributed by atoms with E-state index in [2.05, 4.69) is 23.5 Å². The summed E-state index contributed by atoms with van der Waals surface area (Å²) in [5.74, 6) is 0.0499. The average molecular weight is 295 g/mol. The van der Waals surface area contributed by atoms with Crippen LogP contribution in [0.1, 0.15) is 55.7 Å². The monoisotopic (exact) mass is 294 g/mol. The lowest BCUT2D eigenvalue weighted by Crippen LogP contribution is -2.55. The number of aryl methyl sites for hydroxylation is 1. The summed E-state index contributed by atoms with van der Waals surface area (Å²) < 4.78 is 0.